The van der Waals surface area contributed by atoms with E-state index < -0.39 is 5.97 Å². The number of carboxylic acid groups (broad SMARTS) is 1. The summed E-state index contributed by atoms with van der Waals surface area (Å²) in [6.45, 7) is 8.13. The van der Waals surface area contributed by atoms with Crippen molar-refractivity contribution in [2.45, 2.75) is 33.2 Å². The molecule has 0 spiro atoms. The Kier molecular flexibility index (Phi) is 6.12. The van der Waals surface area contributed by atoms with Crippen LogP contribution in [0.2, 0.25) is 0 Å². The summed E-state index contributed by atoms with van der Waals surface area (Å²) in [5.74, 6) is -0.0368. The van der Waals surface area contributed by atoms with Gasteiger partial charge in [-0.1, -0.05) is 13.8 Å². The van der Waals surface area contributed by atoms with E-state index in [4.69, 9.17) is 10.2 Å². The molecule has 0 unspecified atom stereocenters. The first-order valence-electron chi connectivity index (χ1n) is 8.16. The minimum absolute atomic E-state index is 0.125. The highest BCUT2D eigenvalue weighted by molar-refractivity contribution is 5.92. The van der Waals surface area contributed by atoms with Gasteiger partial charge in [0.1, 0.15) is 5.82 Å². The Morgan fingerprint density at radius 1 is 1.30 bits per heavy atom. The molecule has 6 nitrogen and oxygen atoms in total. The van der Waals surface area contributed by atoms with Gasteiger partial charge in [-0.05, 0) is 37.7 Å². The molecule has 1 aromatic heterocycles. The van der Waals surface area contributed by atoms with Gasteiger partial charge in [0.2, 0.25) is 0 Å². The summed E-state index contributed by atoms with van der Waals surface area (Å²) in [7, 11) is 0. The Labute approximate surface area is 136 Å². The molecule has 0 aliphatic carbocycles. The number of likely N-dealkylation sites (N-methyl/N-ethyl adjacent to an activating group) is 1. The maximum absolute atomic E-state index is 11.1. The highest BCUT2D eigenvalue weighted by atomic mass is 16.4. The number of aromatic nitrogens is 2. The Morgan fingerprint density at radius 3 is 2.65 bits per heavy atom. The van der Waals surface area contributed by atoms with Crippen molar-refractivity contribution in [1.82, 2.24) is 14.5 Å². The number of hydrogen-bond acceptors (Lipinski definition) is 4. The SMILES string of the molecule is CCN(CC)CCn1c(CCCO)nc2cc(C(=O)O)ccc21. The lowest BCUT2D eigenvalue weighted by atomic mass is 10.2. The van der Waals surface area contributed by atoms with E-state index in [1.165, 1.54) is 0 Å². The Hall–Kier alpha value is -1.92. The molecule has 23 heavy (non-hydrogen) atoms. The van der Waals surface area contributed by atoms with E-state index in [2.05, 4.69) is 28.3 Å². The van der Waals surface area contributed by atoms with E-state index in [0.717, 1.165) is 37.5 Å². The van der Waals surface area contributed by atoms with Gasteiger partial charge in [0.25, 0.3) is 0 Å². The Balaban J connectivity index is 2.35. The third-order valence-corrected chi connectivity index (χ3v) is 4.17. The van der Waals surface area contributed by atoms with Crippen molar-refractivity contribution in [3.8, 4) is 0 Å². The van der Waals surface area contributed by atoms with E-state index >= 15 is 0 Å². The average Bonchev–Trinajstić information content (AvgIpc) is 2.90. The van der Waals surface area contributed by atoms with Crippen LogP contribution in [-0.4, -0.2) is 56.9 Å². The van der Waals surface area contributed by atoms with E-state index in [0.29, 0.717) is 18.4 Å². The molecule has 2 N–H and O–H groups in total. The number of aliphatic hydroxyl groups excluding tert-OH is 1. The maximum atomic E-state index is 11.1. The second-order valence-corrected chi connectivity index (χ2v) is 5.54. The highest BCUT2D eigenvalue weighted by Crippen LogP contribution is 2.19. The van der Waals surface area contributed by atoms with Crippen LogP contribution in [0.15, 0.2) is 18.2 Å². The van der Waals surface area contributed by atoms with E-state index in [-0.39, 0.29) is 12.2 Å². The normalized spacial score (nSPS) is 11.5. The number of carbonyl (C=O) groups is 1. The van der Waals surface area contributed by atoms with Crippen molar-refractivity contribution < 1.29 is 15.0 Å². The van der Waals surface area contributed by atoms with Crippen molar-refractivity contribution in [2.75, 3.05) is 26.2 Å². The molecular formula is C17H25N3O3. The Bertz CT molecular complexity index is 662. The molecular weight excluding hydrogens is 294 g/mol. The van der Waals surface area contributed by atoms with Crippen LogP contribution >= 0.6 is 0 Å². The van der Waals surface area contributed by atoms with Gasteiger partial charge in [0, 0.05) is 26.1 Å². The molecule has 1 aromatic carbocycles. The summed E-state index contributed by atoms with van der Waals surface area (Å²) >= 11 is 0. The predicted molar refractivity (Wildman–Crippen MR) is 89.9 cm³/mol. The van der Waals surface area contributed by atoms with Crippen LogP contribution in [0.3, 0.4) is 0 Å². The lowest BCUT2D eigenvalue weighted by Gasteiger charge is -2.19. The van der Waals surface area contributed by atoms with Crippen molar-refractivity contribution in [3.63, 3.8) is 0 Å². The summed E-state index contributed by atoms with van der Waals surface area (Å²) in [5.41, 5.74) is 1.91. The summed E-state index contributed by atoms with van der Waals surface area (Å²) in [4.78, 5) is 18.1. The third kappa shape index (κ3) is 4.09. The van der Waals surface area contributed by atoms with Gasteiger partial charge in [-0.3, -0.25) is 0 Å². The minimum atomic E-state index is -0.943. The first-order chi connectivity index (χ1) is 11.1. The summed E-state index contributed by atoms with van der Waals surface area (Å²) < 4.78 is 2.15. The molecule has 1 heterocycles. The lowest BCUT2D eigenvalue weighted by Crippen LogP contribution is -2.27. The molecule has 2 rings (SSSR count). The molecule has 2 aromatic rings. The zero-order chi connectivity index (χ0) is 16.8. The maximum Gasteiger partial charge on any atom is 0.335 e. The van der Waals surface area contributed by atoms with Gasteiger partial charge >= 0.3 is 5.97 Å². The fraction of sp³-hybridized carbons (Fsp3) is 0.529. The van der Waals surface area contributed by atoms with Crippen molar-refractivity contribution in [3.05, 3.63) is 29.6 Å². The fourth-order valence-electron chi connectivity index (χ4n) is 2.77. The van der Waals surface area contributed by atoms with Gasteiger partial charge in [-0.25, -0.2) is 9.78 Å². The van der Waals surface area contributed by atoms with Crippen LogP contribution < -0.4 is 0 Å². The number of aliphatic hydroxyl groups is 1. The van der Waals surface area contributed by atoms with Crippen LogP contribution in [-0.2, 0) is 13.0 Å². The van der Waals surface area contributed by atoms with E-state index in [1.54, 1.807) is 12.1 Å². The molecule has 6 heteroatoms. The first-order valence-corrected chi connectivity index (χ1v) is 8.16. The topological polar surface area (TPSA) is 78.6 Å². The average molecular weight is 319 g/mol. The summed E-state index contributed by atoms with van der Waals surface area (Å²) in [5, 5.41) is 18.2. The largest absolute Gasteiger partial charge is 0.478 e. The number of aromatic carboxylic acids is 1. The molecule has 0 bridgehead atoms. The number of carboxylic acids is 1. The number of benzene rings is 1. The molecule has 0 saturated carbocycles. The third-order valence-electron chi connectivity index (χ3n) is 4.17. The summed E-state index contributed by atoms with van der Waals surface area (Å²) in [6, 6.07) is 5.07. The lowest BCUT2D eigenvalue weighted by molar-refractivity contribution is 0.0697. The van der Waals surface area contributed by atoms with E-state index in [1.807, 2.05) is 6.07 Å². The van der Waals surface area contributed by atoms with Crippen LogP contribution in [0.4, 0.5) is 0 Å². The number of hydrogen-bond donors (Lipinski definition) is 2. The standard InChI is InChI=1S/C17H25N3O3/c1-3-19(4-2)9-10-20-15-8-7-13(17(22)23)12-14(15)18-16(20)6-5-11-21/h7-8,12,21H,3-6,9-11H2,1-2H3,(H,22,23). The zero-order valence-corrected chi connectivity index (χ0v) is 13.8. The van der Waals surface area contributed by atoms with Gasteiger partial charge in [0.05, 0.1) is 16.6 Å². The number of fused-ring (bicyclic) bond motifs is 1. The van der Waals surface area contributed by atoms with Crippen molar-refractivity contribution in [1.29, 1.82) is 0 Å². The minimum Gasteiger partial charge on any atom is -0.478 e. The van der Waals surface area contributed by atoms with Gasteiger partial charge in [-0.15, -0.1) is 0 Å². The van der Waals surface area contributed by atoms with Crippen LogP contribution in [0, 0.1) is 0 Å². The number of imidazole rings is 1. The monoisotopic (exact) mass is 319 g/mol. The molecule has 0 saturated heterocycles. The predicted octanol–water partition coefficient (Wildman–Crippen LogP) is 2.00. The molecule has 0 aliphatic rings. The fourth-order valence-corrected chi connectivity index (χ4v) is 2.77. The van der Waals surface area contributed by atoms with Crippen molar-refractivity contribution in [2.24, 2.45) is 0 Å². The molecule has 126 valence electrons. The highest BCUT2D eigenvalue weighted by Gasteiger charge is 2.13. The van der Waals surface area contributed by atoms with Crippen LogP contribution in [0.1, 0.15) is 36.5 Å². The Morgan fingerprint density at radius 2 is 2.04 bits per heavy atom. The number of nitrogens with zero attached hydrogens (tertiary/aromatic N) is 3. The smallest absolute Gasteiger partial charge is 0.335 e. The van der Waals surface area contributed by atoms with E-state index in [9.17, 15) is 4.79 Å². The number of rotatable bonds is 9. The molecule has 0 atom stereocenters. The van der Waals surface area contributed by atoms with Crippen LogP contribution in [0.25, 0.3) is 11.0 Å². The summed E-state index contributed by atoms with van der Waals surface area (Å²) in [6.07, 6.45) is 1.34. The van der Waals surface area contributed by atoms with Crippen molar-refractivity contribution >= 4 is 17.0 Å². The van der Waals surface area contributed by atoms with Gasteiger partial charge in [-0.2, -0.15) is 0 Å². The number of aryl methyl sites for hydroxylation is 1. The second-order valence-electron chi connectivity index (χ2n) is 5.54. The van der Waals surface area contributed by atoms with Gasteiger partial charge < -0.3 is 19.7 Å². The zero-order valence-electron chi connectivity index (χ0n) is 13.8. The molecule has 0 fully saturated rings. The van der Waals surface area contributed by atoms with Crippen LogP contribution in [0.5, 0.6) is 0 Å². The van der Waals surface area contributed by atoms with Gasteiger partial charge in [0.15, 0.2) is 0 Å². The molecule has 0 aliphatic heterocycles. The quantitative estimate of drug-likeness (QED) is 0.739. The molecule has 0 radical (unpaired) electrons. The second kappa shape index (κ2) is 8.08. The first kappa shape index (κ1) is 17.4. The molecule has 0 amide bonds.